The molecule has 0 amide bonds. The maximum atomic E-state index is 12.9. The molecule has 0 saturated carbocycles. The summed E-state index contributed by atoms with van der Waals surface area (Å²) in [5, 5.41) is 0. The van der Waals surface area contributed by atoms with Crippen LogP contribution in [0.3, 0.4) is 0 Å². The molecule has 5 heteroatoms. The maximum absolute atomic E-state index is 12.9. The van der Waals surface area contributed by atoms with E-state index in [-0.39, 0.29) is 4.90 Å². The Labute approximate surface area is 94.0 Å². The Morgan fingerprint density at radius 2 is 1.75 bits per heavy atom. The van der Waals surface area contributed by atoms with E-state index in [9.17, 15) is 13.0 Å². The summed E-state index contributed by atoms with van der Waals surface area (Å²) in [7, 11) is 0.237. The van der Waals surface area contributed by atoms with E-state index in [0.717, 1.165) is 18.2 Å². The predicted octanol–water partition coefficient (Wildman–Crippen LogP) is 2.47. The zero-order chi connectivity index (χ0) is 11.7. The van der Waals surface area contributed by atoms with Gasteiger partial charge in [0.15, 0.2) is 0 Å². The standard InChI is InChI=1S/C11H9F2NOS/c1-14-3-2-10(7-14)16(15)11-5-8(12)4-9(13)6-11/h2-7H,1H3. The minimum atomic E-state index is -1.55. The minimum absolute atomic E-state index is 0.128. The lowest BCUT2D eigenvalue weighted by atomic mass is 10.3. The first kappa shape index (κ1) is 11.0. The fourth-order valence-corrected chi connectivity index (χ4v) is 2.52. The van der Waals surface area contributed by atoms with Crippen LogP contribution in [-0.2, 0) is 17.8 Å². The number of hydrogen-bond donors (Lipinski definition) is 0. The van der Waals surface area contributed by atoms with Gasteiger partial charge in [0.1, 0.15) is 11.6 Å². The fraction of sp³-hybridized carbons (Fsp3) is 0.0909. The van der Waals surface area contributed by atoms with Crippen LogP contribution in [0.15, 0.2) is 46.5 Å². The summed E-state index contributed by atoms with van der Waals surface area (Å²) in [6.07, 6.45) is 3.38. The molecule has 0 aliphatic carbocycles. The normalized spacial score (nSPS) is 12.7. The van der Waals surface area contributed by atoms with E-state index >= 15 is 0 Å². The predicted molar refractivity (Wildman–Crippen MR) is 56.4 cm³/mol. The van der Waals surface area contributed by atoms with Crippen LogP contribution >= 0.6 is 0 Å². The highest BCUT2D eigenvalue weighted by Gasteiger charge is 2.10. The van der Waals surface area contributed by atoms with Crippen molar-refractivity contribution in [2.24, 2.45) is 7.05 Å². The number of aromatic nitrogens is 1. The van der Waals surface area contributed by atoms with E-state index in [1.54, 1.807) is 30.1 Å². The second-order valence-corrected chi connectivity index (χ2v) is 4.87. The van der Waals surface area contributed by atoms with E-state index in [2.05, 4.69) is 0 Å². The van der Waals surface area contributed by atoms with Crippen LogP contribution in [0.2, 0.25) is 0 Å². The van der Waals surface area contributed by atoms with Gasteiger partial charge in [0.25, 0.3) is 0 Å². The summed E-state index contributed by atoms with van der Waals surface area (Å²) in [6, 6.07) is 4.56. The third kappa shape index (κ3) is 2.19. The molecule has 1 heterocycles. The minimum Gasteiger partial charge on any atom is -0.356 e. The second kappa shape index (κ2) is 4.17. The van der Waals surface area contributed by atoms with Gasteiger partial charge in [0.2, 0.25) is 0 Å². The third-order valence-corrected chi connectivity index (χ3v) is 3.40. The van der Waals surface area contributed by atoms with Gasteiger partial charge in [-0.3, -0.25) is 0 Å². The number of benzene rings is 1. The van der Waals surface area contributed by atoms with E-state index in [0.29, 0.717) is 4.90 Å². The van der Waals surface area contributed by atoms with Gasteiger partial charge in [-0.15, -0.1) is 0 Å². The molecule has 0 N–H and O–H groups in total. The average molecular weight is 241 g/mol. The molecule has 1 aromatic carbocycles. The summed E-state index contributed by atoms with van der Waals surface area (Å²) in [6.45, 7) is 0. The molecule has 1 aromatic heterocycles. The van der Waals surface area contributed by atoms with Gasteiger partial charge in [-0.2, -0.15) is 0 Å². The van der Waals surface area contributed by atoms with E-state index in [1.807, 2.05) is 0 Å². The molecule has 0 aliphatic rings. The van der Waals surface area contributed by atoms with Crippen LogP contribution in [-0.4, -0.2) is 8.78 Å². The molecule has 16 heavy (non-hydrogen) atoms. The Morgan fingerprint density at radius 3 is 2.25 bits per heavy atom. The average Bonchev–Trinajstić information content (AvgIpc) is 2.62. The summed E-state index contributed by atoms with van der Waals surface area (Å²) < 4.78 is 39.5. The Hall–Kier alpha value is -1.49. The van der Waals surface area contributed by atoms with Crippen molar-refractivity contribution in [3.63, 3.8) is 0 Å². The van der Waals surface area contributed by atoms with Gasteiger partial charge in [-0.05, 0) is 18.2 Å². The van der Waals surface area contributed by atoms with Crippen LogP contribution in [0.25, 0.3) is 0 Å². The van der Waals surface area contributed by atoms with E-state index in [1.165, 1.54) is 0 Å². The monoisotopic (exact) mass is 241 g/mol. The van der Waals surface area contributed by atoms with Gasteiger partial charge in [-0.25, -0.2) is 13.0 Å². The van der Waals surface area contributed by atoms with Crippen LogP contribution in [0.4, 0.5) is 8.78 Å². The first-order valence-corrected chi connectivity index (χ1v) is 5.71. The largest absolute Gasteiger partial charge is 0.356 e. The zero-order valence-electron chi connectivity index (χ0n) is 8.48. The van der Waals surface area contributed by atoms with Gasteiger partial charge in [-0.1, -0.05) is 0 Å². The quantitative estimate of drug-likeness (QED) is 0.791. The lowest BCUT2D eigenvalue weighted by Gasteiger charge is -2.00. The van der Waals surface area contributed by atoms with Crippen LogP contribution in [0, 0.1) is 11.6 Å². The lowest BCUT2D eigenvalue weighted by Crippen LogP contribution is -1.94. The van der Waals surface area contributed by atoms with Crippen molar-refractivity contribution in [1.82, 2.24) is 4.57 Å². The van der Waals surface area contributed by atoms with Crippen molar-refractivity contribution >= 4 is 10.8 Å². The molecule has 1 atom stereocenters. The van der Waals surface area contributed by atoms with Crippen molar-refractivity contribution in [3.05, 3.63) is 48.3 Å². The van der Waals surface area contributed by atoms with Gasteiger partial charge in [0.05, 0.1) is 15.7 Å². The number of aryl methyl sites for hydroxylation is 1. The van der Waals surface area contributed by atoms with Gasteiger partial charge < -0.3 is 4.57 Å². The summed E-state index contributed by atoms with van der Waals surface area (Å²) in [4.78, 5) is 0.649. The maximum Gasteiger partial charge on any atom is 0.127 e. The Bertz CT molecular complexity index is 530. The van der Waals surface area contributed by atoms with E-state index < -0.39 is 22.4 Å². The molecule has 0 aliphatic heterocycles. The van der Waals surface area contributed by atoms with Gasteiger partial charge in [0, 0.05) is 30.4 Å². The number of rotatable bonds is 2. The topological polar surface area (TPSA) is 22.0 Å². The number of hydrogen-bond acceptors (Lipinski definition) is 1. The van der Waals surface area contributed by atoms with Crippen LogP contribution in [0.1, 0.15) is 0 Å². The molecule has 84 valence electrons. The van der Waals surface area contributed by atoms with Crippen molar-refractivity contribution < 1.29 is 13.0 Å². The van der Waals surface area contributed by atoms with Crippen molar-refractivity contribution in [1.29, 1.82) is 0 Å². The molecule has 0 radical (unpaired) electrons. The van der Waals surface area contributed by atoms with Crippen molar-refractivity contribution in [2.45, 2.75) is 9.79 Å². The first-order chi connectivity index (χ1) is 7.56. The molecule has 2 nitrogen and oxygen atoms in total. The smallest absolute Gasteiger partial charge is 0.127 e. The molecular formula is C11H9F2NOS. The first-order valence-electron chi connectivity index (χ1n) is 4.56. The Balaban J connectivity index is 2.41. The molecular weight excluding hydrogens is 232 g/mol. The number of halogens is 2. The molecule has 2 aromatic rings. The second-order valence-electron chi connectivity index (χ2n) is 3.39. The molecule has 0 fully saturated rings. The summed E-state index contributed by atoms with van der Waals surface area (Å²) in [5.74, 6) is -1.45. The zero-order valence-corrected chi connectivity index (χ0v) is 9.30. The molecule has 0 bridgehead atoms. The Morgan fingerprint density at radius 1 is 1.12 bits per heavy atom. The highest BCUT2D eigenvalue weighted by atomic mass is 32.2. The molecule has 2 rings (SSSR count). The Kier molecular flexibility index (Phi) is 2.87. The number of nitrogens with zero attached hydrogens (tertiary/aromatic N) is 1. The fourth-order valence-electron chi connectivity index (χ4n) is 1.36. The van der Waals surface area contributed by atoms with Crippen LogP contribution in [0.5, 0.6) is 0 Å². The summed E-state index contributed by atoms with van der Waals surface area (Å²) in [5.41, 5.74) is 0. The SMILES string of the molecule is Cn1ccc(S(=O)c2cc(F)cc(F)c2)c1. The molecule has 0 saturated heterocycles. The molecule has 1 unspecified atom stereocenters. The highest BCUT2D eigenvalue weighted by molar-refractivity contribution is 7.85. The van der Waals surface area contributed by atoms with Gasteiger partial charge >= 0.3 is 0 Å². The van der Waals surface area contributed by atoms with Crippen LogP contribution < -0.4 is 0 Å². The van der Waals surface area contributed by atoms with E-state index in [4.69, 9.17) is 0 Å². The highest BCUT2D eigenvalue weighted by Crippen LogP contribution is 2.18. The summed E-state index contributed by atoms with van der Waals surface area (Å²) >= 11 is 0. The van der Waals surface area contributed by atoms with Crippen molar-refractivity contribution in [3.8, 4) is 0 Å². The third-order valence-electron chi connectivity index (χ3n) is 2.07. The lowest BCUT2D eigenvalue weighted by molar-refractivity contribution is 0.576. The van der Waals surface area contributed by atoms with Crippen molar-refractivity contribution in [2.75, 3.05) is 0 Å². The molecule has 0 spiro atoms.